The zero-order valence-electron chi connectivity index (χ0n) is 16.2. The van der Waals surface area contributed by atoms with Gasteiger partial charge in [0.25, 0.3) is 0 Å². The van der Waals surface area contributed by atoms with Gasteiger partial charge in [0.05, 0.1) is 7.11 Å². The number of ether oxygens (including phenoxy) is 3. The molecule has 4 nitrogen and oxygen atoms in total. The first-order valence-electron chi connectivity index (χ1n) is 9.16. The van der Waals surface area contributed by atoms with Crippen LogP contribution in [0, 0.1) is 5.41 Å². The van der Waals surface area contributed by atoms with Crippen molar-refractivity contribution in [1.82, 2.24) is 0 Å². The number of hydrogen-bond acceptors (Lipinski definition) is 4. The molecular weight excluding hydrogens is 316 g/mol. The molecule has 0 saturated heterocycles. The van der Waals surface area contributed by atoms with Crippen molar-refractivity contribution in [3.05, 3.63) is 28.3 Å². The molecule has 1 atom stereocenters. The molecule has 1 aliphatic carbocycles. The molecule has 138 valence electrons. The van der Waals surface area contributed by atoms with Crippen LogP contribution in [0.25, 0.3) is 0 Å². The quantitative estimate of drug-likeness (QED) is 0.770. The lowest BCUT2D eigenvalue weighted by atomic mass is 9.69. The summed E-state index contributed by atoms with van der Waals surface area (Å²) < 4.78 is 17.1. The number of benzene rings is 1. The van der Waals surface area contributed by atoms with E-state index in [1.54, 1.807) is 7.11 Å². The van der Waals surface area contributed by atoms with Gasteiger partial charge in [0, 0.05) is 11.1 Å². The van der Waals surface area contributed by atoms with Crippen LogP contribution in [0.3, 0.4) is 0 Å². The molecular formula is C21H30O4. The summed E-state index contributed by atoms with van der Waals surface area (Å²) in [5.41, 5.74) is 4.12. The fourth-order valence-corrected chi connectivity index (χ4v) is 4.43. The van der Waals surface area contributed by atoms with Crippen LogP contribution in [0.2, 0.25) is 0 Å². The molecule has 1 aromatic carbocycles. The molecule has 0 amide bonds. The van der Waals surface area contributed by atoms with E-state index in [0.29, 0.717) is 11.5 Å². The molecule has 1 heterocycles. The van der Waals surface area contributed by atoms with Crippen LogP contribution >= 0.6 is 0 Å². The molecule has 1 aliphatic heterocycles. The lowest BCUT2D eigenvalue weighted by Gasteiger charge is -2.38. The highest BCUT2D eigenvalue weighted by Gasteiger charge is 2.37. The van der Waals surface area contributed by atoms with Crippen molar-refractivity contribution in [2.24, 2.45) is 5.41 Å². The van der Waals surface area contributed by atoms with Crippen LogP contribution < -0.4 is 14.2 Å². The Morgan fingerprint density at radius 1 is 1.24 bits per heavy atom. The average Bonchev–Trinajstić information content (AvgIpc) is 2.99. The molecule has 1 aromatic rings. The van der Waals surface area contributed by atoms with Crippen LogP contribution in [0.1, 0.15) is 77.0 Å². The second-order valence-electron chi connectivity index (χ2n) is 8.14. The summed E-state index contributed by atoms with van der Waals surface area (Å²) in [4.78, 5) is 0. The SMILES string of the molecule is COc1c(C(O)C2=C(C)CCCC2(C)C)cc2c(c1C(C)C)OCO2. The minimum Gasteiger partial charge on any atom is -0.496 e. The van der Waals surface area contributed by atoms with E-state index in [1.807, 2.05) is 6.07 Å². The van der Waals surface area contributed by atoms with E-state index < -0.39 is 6.10 Å². The minimum absolute atomic E-state index is 0.0267. The number of rotatable bonds is 4. The maximum Gasteiger partial charge on any atom is 0.231 e. The average molecular weight is 346 g/mol. The smallest absolute Gasteiger partial charge is 0.231 e. The molecule has 1 N–H and O–H groups in total. The summed E-state index contributed by atoms with van der Waals surface area (Å²) in [6.07, 6.45) is 2.60. The van der Waals surface area contributed by atoms with Crippen LogP contribution in [0.15, 0.2) is 17.2 Å². The Morgan fingerprint density at radius 2 is 1.96 bits per heavy atom. The number of allylic oxidation sites excluding steroid dienone is 1. The summed E-state index contributed by atoms with van der Waals surface area (Å²) in [7, 11) is 1.66. The maximum absolute atomic E-state index is 11.4. The Balaban J connectivity index is 2.19. The van der Waals surface area contributed by atoms with E-state index in [2.05, 4.69) is 34.6 Å². The normalized spacial score (nSPS) is 20.2. The third kappa shape index (κ3) is 3.01. The van der Waals surface area contributed by atoms with Crippen molar-refractivity contribution >= 4 is 0 Å². The van der Waals surface area contributed by atoms with Crippen molar-refractivity contribution in [2.45, 2.75) is 65.9 Å². The summed E-state index contributed by atoms with van der Waals surface area (Å²) >= 11 is 0. The Hall–Kier alpha value is -1.68. The van der Waals surface area contributed by atoms with E-state index in [0.717, 1.165) is 35.3 Å². The Kier molecular flexibility index (Phi) is 4.76. The molecule has 1 unspecified atom stereocenters. The second-order valence-corrected chi connectivity index (χ2v) is 8.14. The predicted octanol–water partition coefficient (Wildman–Crippen LogP) is 5.11. The number of fused-ring (bicyclic) bond motifs is 1. The van der Waals surface area contributed by atoms with Gasteiger partial charge in [-0.1, -0.05) is 33.3 Å². The first kappa shape index (κ1) is 18.1. The van der Waals surface area contributed by atoms with Gasteiger partial charge < -0.3 is 19.3 Å². The standard InChI is InChI=1S/C21H30O4/c1-12(2)16-19(23-6)14(10-15-20(16)25-11-24-15)18(22)17-13(3)8-7-9-21(17,4)5/h10,12,18,22H,7-9,11H2,1-6H3. The monoisotopic (exact) mass is 346 g/mol. The van der Waals surface area contributed by atoms with Gasteiger partial charge in [-0.25, -0.2) is 0 Å². The highest BCUT2D eigenvalue weighted by atomic mass is 16.7. The fourth-order valence-electron chi connectivity index (χ4n) is 4.43. The van der Waals surface area contributed by atoms with Crippen LogP contribution in [0.5, 0.6) is 17.2 Å². The van der Waals surface area contributed by atoms with E-state index in [1.165, 1.54) is 12.0 Å². The first-order chi connectivity index (χ1) is 11.8. The molecule has 0 radical (unpaired) electrons. The number of hydrogen-bond donors (Lipinski definition) is 1. The van der Waals surface area contributed by atoms with Crippen molar-refractivity contribution in [3.63, 3.8) is 0 Å². The van der Waals surface area contributed by atoms with Crippen LogP contribution in [-0.2, 0) is 0 Å². The molecule has 0 bridgehead atoms. The van der Waals surface area contributed by atoms with Gasteiger partial charge in [0.1, 0.15) is 11.9 Å². The molecule has 25 heavy (non-hydrogen) atoms. The Bertz CT molecular complexity index is 700. The van der Waals surface area contributed by atoms with Gasteiger partial charge in [-0.2, -0.15) is 0 Å². The lowest BCUT2D eigenvalue weighted by Crippen LogP contribution is -2.25. The molecule has 2 aliphatic rings. The summed E-state index contributed by atoms with van der Waals surface area (Å²) in [5, 5.41) is 11.4. The van der Waals surface area contributed by atoms with Gasteiger partial charge >= 0.3 is 0 Å². The second kappa shape index (κ2) is 6.56. The summed E-state index contributed by atoms with van der Waals surface area (Å²) in [6, 6.07) is 1.89. The number of aliphatic hydroxyl groups is 1. The summed E-state index contributed by atoms with van der Waals surface area (Å²) in [5.74, 6) is 2.36. The molecule has 4 heteroatoms. The van der Waals surface area contributed by atoms with Crippen LogP contribution in [0.4, 0.5) is 0 Å². The van der Waals surface area contributed by atoms with Gasteiger partial charge in [-0.15, -0.1) is 0 Å². The Morgan fingerprint density at radius 3 is 2.56 bits per heavy atom. The maximum atomic E-state index is 11.4. The van der Waals surface area contributed by atoms with Crippen molar-refractivity contribution in [1.29, 1.82) is 0 Å². The first-order valence-corrected chi connectivity index (χ1v) is 9.16. The van der Waals surface area contributed by atoms with Gasteiger partial charge in [0.2, 0.25) is 6.79 Å². The molecule has 0 fully saturated rings. The lowest BCUT2D eigenvalue weighted by molar-refractivity contribution is 0.166. The summed E-state index contributed by atoms with van der Waals surface area (Å²) in [6.45, 7) is 11.0. The van der Waals surface area contributed by atoms with E-state index in [9.17, 15) is 5.11 Å². The highest BCUT2D eigenvalue weighted by Crippen LogP contribution is 2.52. The van der Waals surface area contributed by atoms with Crippen LogP contribution in [-0.4, -0.2) is 19.0 Å². The topological polar surface area (TPSA) is 47.9 Å². The zero-order chi connectivity index (χ0) is 18.4. The minimum atomic E-state index is -0.697. The largest absolute Gasteiger partial charge is 0.496 e. The Labute approximate surface area is 150 Å². The van der Waals surface area contributed by atoms with Gasteiger partial charge in [0.15, 0.2) is 11.5 Å². The van der Waals surface area contributed by atoms with Gasteiger partial charge in [-0.05, 0) is 49.2 Å². The molecule has 0 aromatic heterocycles. The van der Waals surface area contributed by atoms with E-state index >= 15 is 0 Å². The van der Waals surface area contributed by atoms with E-state index in [-0.39, 0.29) is 18.1 Å². The zero-order valence-corrected chi connectivity index (χ0v) is 16.2. The molecule has 0 spiro atoms. The van der Waals surface area contributed by atoms with E-state index in [4.69, 9.17) is 14.2 Å². The number of methoxy groups -OCH3 is 1. The number of aliphatic hydroxyl groups excluding tert-OH is 1. The van der Waals surface area contributed by atoms with Crippen molar-refractivity contribution < 1.29 is 19.3 Å². The van der Waals surface area contributed by atoms with Gasteiger partial charge in [-0.3, -0.25) is 0 Å². The third-order valence-corrected chi connectivity index (χ3v) is 5.57. The van der Waals surface area contributed by atoms with Crippen molar-refractivity contribution in [2.75, 3.05) is 13.9 Å². The molecule has 3 rings (SSSR count). The highest BCUT2D eigenvalue weighted by molar-refractivity contribution is 5.62. The molecule has 0 saturated carbocycles. The third-order valence-electron chi connectivity index (χ3n) is 5.57. The fraction of sp³-hybridized carbons (Fsp3) is 0.619. The van der Waals surface area contributed by atoms with Crippen molar-refractivity contribution in [3.8, 4) is 17.2 Å². The predicted molar refractivity (Wildman–Crippen MR) is 98.5 cm³/mol.